The highest BCUT2D eigenvalue weighted by Crippen LogP contribution is 2.31. The van der Waals surface area contributed by atoms with Crippen LogP contribution in [0.5, 0.6) is 0 Å². The van der Waals surface area contributed by atoms with Gasteiger partial charge in [0.25, 0.3) is 5.91 Å². The van der Waals surface area contributed by atoms with Crippen LogP contribution in [-0.2, 0) is 4.79 Å². The number of carbonyl (C=O) groups is 2. The molecule has 2 aromatic carbocycles. The quantitative estimate of drug-likeness (QED) is 0.522. The van der Waals surface area contributed by atoms with E-state index in [9.17, 15) is 9.59 Å². The van der Waals surface area contributed by atoms with E-state index in [0.29, 0.717) is 10.1 Å². The van der Waals surface area contributed by atoms with Crippen LogP contribution in [0, 0.1) is 6.92 Å². The van der Waals surface area contributed by atoms with E-state index in [1.54, 1.807) is 0 Å². The van der Waals surface area contributed by atoms with E-state index in [2.05, 4.69) is 15.6 Å². The van der Waals surface area contributed by atoms with Crippen LogP contribution in [0.1, 0.15) is 16.1 Å². The Morgan fingerprint density at radius 3 is 2.48 bits per heavy atom. The summed E-state index contributed by atoms with van der Waals surface area (Å²) < 4.78 is 0. The van der Waals surface area contributed by atoms with Gasteiger partial charge in [0.1, 0.15) is 5.00 Å². The first kappa shape index (κ1) is 18.9. The summed E-state index contributed by atoms with van der Waals surface area (Å²) in [7, 11) is 0. The molecule has 0 bridgehead atoms. The number of carbonyl (C=O) groups excluding carboxylic acids is 2. The highest BCUT2D eigenvalue weighted by molar-refractivity contribution is 8.00. The molecule has 0 aliphatic heterocycles. The second kappa shape index (κ2) is 8.70. The zero-order chi connectivity index (χ0) is 19.2. The van der Waals surface area contributed by atoms with Crippen molar-refractivity contribution in [2.24, 2.45) is 5.73 Å². The number of rotatable bonds is 7. The minimum atomic E-state index is -0.686. The average molecular weight is 399 g/mol. The van der Waals surface area contributed by atoms with Crippen LogP contribution >= 0.6 is 23.1 Å². The van der Waals surface area contributed by atoms with E-state index in [1.165, 1.54) is 23.1 Å². The van der Waals surface area contributed by atoms with Crippen LogP contribution in [0.3, 0.4) is 0 Å². The first-order chi connectivity index (χ1) is 13.0. The lowest BCUT2D eigenvalue weighted by atomic mass is 10.2. The number of benzene rings is 2. The number of primary amides is 1. The molecule has 0 saturated heterocycles. The minimum Gasteiger partial charge on any atom is -0.364 e. The molecule has 0 spiro atoms. The summed E-state index contributed by atoms with van der Waals surface area (Å²) in [6.45, 7) is 2.00. The Balaban J connectivity index is 1.68. The number of hydrogen-bond donors (Lipinski definition) is 3. The van der Waals surface area contributed by atoms with Crippen molar-refractivity contribution in [1.82, 2.24) is 4.98 Å². The van der Waals surface area contributed by atoms with Crippen molar-refractivity contribution in [3.05, 3.63) is 65.9 Å². The monoisotopic (exact) mass is 398 g/mol. The van der Waals surface area contributed by atoms with Gasteiger partial charge < -0.3 is 16.4 Å². The van der Waals surface area contributed by atoms with Crippen LogP contribution in [-0.4, -0.2) is 22.6 Å². The molecule has 0 aliphatic rings. The Kier molecular flexibility index (Phi) is 6.10. The van der Waals surface area contributed by atoms with E-state index in [-0.39, 0.29) is 17.4 Å². The molecule has 6 nitrogen and oxygen atoms in total. The fraction of sp³-hybridized carbons (Fsp3) is 0.105. The number of nitrogens with two attached hydrogens (primary N) is 1. The van der Waals surface area contributed by atoms with Crippen LogP contribution in [0.25, 0.3) is 0 Å². The largest absolute Gasteiger partial charge is 0.364 e. The zero-order valence-corrected chi connectivity index (χ0v) is 16.2. The Bertz CT molecular complexity index is 940. The maximum atomic E-state index is 12.2. The SMILES string of the molecule is Cc1ccc(Nc2nc(C(N)=O)c(NC(=O)CSc3ccccc3)s2)cc1. The summed E-state index contributed by atoms with van der Waals surface area (Å²) in [5.74, 6) is -0.688. The summed E-state index contributed by atoms with van der Waals surface area (Å²) in [4.78, 5) is 29.1. The highest BCUT2D eigenvalue weighted by Gasteiger charge is 2.18. The van der Waals surface area contributed by atoms with Gasteiger partial charge in [0.15, 0.2) is 10.8 Å². The third-order valence-corrected chi connectivity index (χ3v) is 5.43. The van der Waals surface area contributed by atoms with Gasteiger partial charge in [-0.3, -0.25) is 9.59 Å². The van der Waals surface area contributed by atoms with E-state index in [1.807, 2.05) is 61.5 Å². The van der Waals surface area contributed by atoms with Crippen molar-refractivity contribution in [3.63, 3.8) is 0 Å². The molecular weight excluding hydrogens is 380 g/mol. The first-order valence-electron chi connectivity index (χ1n) is 8.13. The molecule has 0 radical (unpaired) electrons. The first-order valence-corrected chi connectivity index (χ1v) is 9.93. The van der Waals surface area contributed by atoms with Crippen molar-refractivity contribution >= 4 is 50.7 Å². The number of hydrogen-bond acceptors (Lipinski definition) is 6. The highest BCUT2D eigenvalue weighted by atomic mass is 32.2. The number of aryl methyl sites for hydroxylation is 1. The summed E-state index contributed by atoms with van der Waals surface area (Å²) in [5.41, 5.74) is 7.43. The van der Waals surface area contributed by atoms with Crippen LogP contribution in [0.15, 0.2) is 59.5 Å². The van der Waals surface area contributed by atoms with E-state index < -0.39 is 5.91 Å². The molecule has 4 N–H and O–H groups in total. The number of thiazole rings is 1. The summed E-state index contributed by atoms with van der Waals surface area (Å²) in [6, 6.07) is 17.4. The van der Waals surface area contributed by atoms with Gasteiger partial charge in [0.05, 0.1) is 5.75 Å². The topological polar surface area (TPSA) is 97.1 Å². The Labute approximate surface area is 165 Å². The molecular formula is C19H18N4O2S2. The third-order valence-electron chi connectivity index (χ3n) is 3.53. The van der Waals surface area contributed by atoms with Crippen molar-refractivity contribution in [1.29, 1.82) is 0 Å². The molecule has 27 heavy (non-hydrogen) atoms. The molecule has 1 aromatic heterocycles. The van der Waals surface area contributed by atoms with Gasteiger partial charge >= 0.3 is 0 Å². The van der Waals surface area contributed by atoms with Gasteiger partial charge in [0.2, 0.25) is 5.91 Å². The van der Waals surface area contributed by atoms with E-state index in [4.69, 9.17) is 5.73 Å². The Morgan fingerprint density at radius 1 is 1.11 bits per heavy atom. The van der Waals surface area contributed by atoms with Crippen LogP contribution < -0.4 is 16.4 Å². The lowest BCUT2D eigenvalue weighted by Crippen LogP contribution is -2.18. The maximum absolute atomic E-state index is 12.2. The lowest BCUT2D eigenvalue weighted by Gasteiger charge is -2.04. The van der Waals surface area contributed by atoms with E-state index in [0.717, 1.165) is 16.1 Å². The Morgan fingerprint density at radius 2 is 1.81 bits per heavy atom. The summed E-state index contributed by atoms with van der Waals surface area (Å²) in [5, 5.41) is 6.68. The second-order valence-corrected chi connectivity index (χ2v) is 7.75. The van der Waals surface area contributed by atoms with Crippen molar-refractivity contribution in [3.8, 4) is 0 Å². The minimum absolute atomic E-state index is 0.0488. The number of aromatic nitrogens is 1. The summed E-state index contributed by atoms with van der Waals surface area (Å²) >= 11 is 2.59. The fourth-order valence-electron chi connectivity index (χ4n) is 2.21. The van der Waals surface area contributed by atoms with Gasteiger partial charge in [0, 0.05) is 10.6 Å². The van der Waals surface area contributed by atoms with Crippen molar-refractivity contribution < 1.29 is 9.59 Å². The number of thioether (sulfide) groups is 1. The molecule has 0 fully saturated rings. The van der Waals surface area contributed by atoms with Crippen LogP contribution in [0.2, 0.25) is 0 Å². The van der Waals surface area contributed by atoms with E-state index >= 15 is 0 Å². The third kappa shape index (κ3) is 5.32. The van der Waals surface area contributed by atoms with Crippen LogP contribution in [0.4, 0.5) is 15.8 Å². The molecule has 0 aliphatic carbocycles. The van der Waals surface area contributed by atoms with Gasteiger partial charge in [-0.15, -0.1) is 11.8 Å². The predicted octanol–water partition coefficient (Wildman–Crippen LogP) is 4.02. The fourth-order valence-corrected chi connectivity index (χ4v) is 3.84. The molecule has 3 rings (SSSR count). The van der Waals surface area contributed by atoms with Crippen molar-refractivity contribution in [2.45, 2.75) is 11.8 Å². The standard InChI is InChI=1S/C19H18N4O2S2/c1-12-7-9-13(10-8-12)21-19-23-16(17(20)25)18(27-19)22-15(24)11-26-14-5-3-2-4-6-14/h2-10H,11H2,1H3,(H2,20,25)(H,21,23)(H,22,24). The zero-order valence-electron chi connectivity index (χ0n) is 14.6. The van der Waals surface area contributed by atoms with Gasteiger partial charge in [-0.25, -0.2) is 4.98 Å². The van der Waals surface area contributed by atoms with Gasteiger partial charge in [-0.2, -0.15) is 0 Å². The predicted molar refractivity (Wildman–Crippen MR) is 111 cm³/mol. The van der Waals surface area contributed by atoms with Gasteiger partial charge in [-0.1, -0.05) is 47.2 Å². The number of nitrogens with one attached hydrogen (secondary N) is 2. The molecule has 0 unspecified atom stereocenters. The molecule has 8 heteroatoms. The number of nitrogens with zero attached hydrogens (tertiary/aromatic N) is 1. The number of anilines is 3. The smallest absolute Gasteiger partial charge is 0.270 e. The maximum Gasteiger partial charge on any atom is 0.270 e. The van der Waals surface area contributed by atoms with Gasteiger partial charge in [-0.05, 0) is 31.2 Å². The molecule has 0 saturated carbocycles. The lowest BCUT2D eigenvalue weighted by molar-refractivity contribution is -0.113. The summed E-state index contributed by atoms with van der Waals surface area (Å²) in [6.07, 6.45) is 0. The van der Waals surface area contributed by atoms with Crippen molar-refractivity contribution in [2.75, 3.05) is 16.4 Å². The average Bonchev–Trinajstić information content (AvgIpc) is 3.05. The molecule has 0 atom stereocenters. The molecule has 1 heterocycles. The second-order valence-electron chi connectivity index (χ2n) is 5.70. The molecule has 3 aromatic rings. The molecule has 138 valence electrons. The number of amides is 2. The molecule has 2 amide bonds. The normalized spacial score (nSPS) is 10.4. The Hall–Kier alpha value is -2.84.